The molecule has 80 valence electrons. The summed E-state index contributed by atoms with van der Waals surface area (Å²) in [4.78, 5) is 12.3. The standard InChI is InChI=1S/C9H13N5S/c10-8-7-9(12-5-11-8)14(6-13-7)3-1-2-4-15/h5-6,15H,1-4H2,(H2,10,11,12). The van der Waals surface area contributed by atoms with E-state index in [9.17, 15) is 0 Å². The molecule has 0 amide bonds. The van der Waals surface area contributed by atoms with E-state index in [0.29, 0.717) is 11.3 Å². The van der Waals surface area contributed by atoms with Gasteiger partial charge in [0.05, 0.1) is 6.33 Å². The third-order valence-corrected chi connectivity index (χ3v) is 2.55. The Hall–Kier alpha value is -1.30. The van der Waals surface area contributed by atoms with Crippen molar-refractivity contribution in [2.75, 3.05) is 11.5 Å². The third-order valence-electron chi connectivity index (χ3n) is 2.24. The van der Waals surface area contributed by atoms with Crippen LogP contribution in [0.4, 0.5) is 5.82 Å². The number of aryl methyl sites for hydroxylation is 1. The zero-order valence-electron chi connectivity index (χ0n) is 8.30. The first-order valence-corrected chi connectivity index (χ1v) is 5.48. The van der Waals surface area contributed by atoms with Gasteiger partial charge in [-0.3, -0.25) is 0 Å². The van der Waals surface area contributed by atoms with Gasteiger partial charge < -0.3 is 10.3 Å². The second-order valence-corrected chi connectivity index (χ2v) is 3.75. The van der Waals surface area contributed by atoms with E-state index in [0.717, 1.165) is 30.8 Å². The Morgan fingerprint density at radius 2 is 2.13 bits per heavy atom. The second-order valence-electron chi connectivity index (χ2n) is 3.30. The van der Waals surface area contributed by atoms with Crippen molar-refractivity contribution in [2.45, 2.75) is 19.4 Å². The van der Waals surface area contributed by atoms with Crippen LogP contribution in [0.2, 0.25) is 0 Å². The molecular weight excluding hydrogens is 210 g/mol. The fourth-order valence-corrected chi connectivity index (χ4v) is 1.68. The summed E-state index contributed by atoms with van der Waals surface area (Å²) in [6.45, 7) is 0.896. The SMILES string of the molecule is Nc1ncnc2c1ncn2CCCCS. The molecule has 2 rings (SSSR count). The van der Waals surface area contributed by atoms with E-state index < -0.39 is 0 Å². The van der Waals surface area contributed by atoms with Crippen molar-refractivity contribution >= 4 is 29.6 Å². The fourth-order valence-electron chi connectivity index (χ4n) is 1.46. The van der Waals surface area contributed by atoms with Crippen molar-refractivity contribution in [2.24, 2.45) is 0 Å². The highest BCUT2D eigenvalue weighted by atomic mass is 32.1. The van der Waals surface area contributed by atoms with Crippen molar-refractivity contribution in [1.82, 2.24) is 19.5 Å². The second kappa shape index (κ2) is 4.48. The van der Waals surface area contributed by atoms with Crippen molar-refractivity contribution in [3.63, 3.8) is 0 Å². The maximum atomic E-state index is 5.69. The van der Waals surface area contributed by atoms with Crippen molar-refractivity contribution in [1.29, 1.82) is 0 Å². The molecule has 2 aromatic rings. The molecule has 0 aromatic carbocycles. The molecule has 0 aliphatic heterocycles. The predicted molar refractivity (Wildman–Crippen MR) is 62.8 cm³/mol. The number of nitrogens with zero attached hydrogens (tertiary/aromatic N) is 4. The Morgan fingerprint density at radius 3 is 2.93 bits per heavy atom. The molecule has 2 aromatic heterocycles. The summed E-state index contributed by atoms with van der Waals surface area (Å²) in [7, 11) is 0. The van der Waals surface area contributed by atoms with Crippen molar-refractivity contribution in [3.8, 4) is 0 Å². The van der Waals surface area contributed by atoms with Gasteiger partial charge in [-0.1, -0.05) is 0 Å². The Morgan fingerprint density at radius 1 is 1.27 bits per heavy atom. The minimum atomic E-state index is 0.438. The van der Waals surface area contributed by atoms with Crippen LogP contribution in [-0.2, 0) is 6.54 Å². The molecule has 0 bridgehead atoms. The number of anilines is 1. The van der Waals surface area contributed by atoms with Crippen LogP contribution in [0.25, 0.3) is 11.2 Å². The highest BCUT2D eigenvalue weighted by Crippen LogP contribution is 2.14. The Kier molecular flexibility index (Phi) is 3.05. The molecule has 0 saturated carbocycles. The lowest BCUT2D eigenvalue weighted by Gasteiger charge is -2.01. The molecular formula is C9H13N5S. The average molecular weight is 223 g/mol. The maximum absolute atomic E-state index is 5.69. The highest BCUT2D eigenvalue weighted by Gasteiger charge is 2.06. The smallest absolute Gasteiger partial charge is 0.165 e. The summed E-state index contributed by atoms with van der Waals surface area (Å²) in [5.74, 6) is 1.34. The molecule has 0 spiro atoms. The molecule has 0 saturated heterocycles. The average Bonchev–Trinajstić information content (AvgIpc) is 2.64. The molecule has 0 atom stereocenters. The van der Waals surface area contributed by atoms with Gasteiger partial charge in [-0.05, 0) is 18.6 Å². The van der Waals surface area contributed by atoms with Crippen LogP contribution in [0.5, 0.6) is 0 Å². The lowest BCUT2D eigenvalue weighted by molar-refractivity contribution is 0.645. The predicted octanol–water partition coefficient (Wildman–Crippen LogP) is 1.12. The summed E-state index contributed by atoms with van der Waals surface area (Å²) < 4.78 is 2.00. The first-order valence-electron chi connectivity index (χ1n) is 4.85. The number of thiol groups is 1. The van der Waals surface area contributed by atoms with Gasteiger partial charge in [-0.2, -0.15) is 12.6 Å². The molecule has 0 unspecified atom stereocenters. The quantitative estimate of drug-likeness (QED) is 0.602. The minimum Gasteiger partial charge on any atom is -0.382 e. The van der Waals surface area contributed by atoms with Crippen LogP contribution in [0.15, 0.2) is 12.7 Å². The Labute approximate surface area is 93.1 Å². The number of rotatable bonds is 4. The van der Waals surface area contributed by atoms with Crippen molar-refractivity contribution in [3.05, 3.63) is 12.7 Å². The van der Waals surface area contributed by atoms with Gasteiger partial charge in [0.1, 0.15) is 11.8 Å². The van der Waals surface area contributed by atoms with Crippen LogP contribution < -0.4 is 5.73 Å². The number of unbranched alkanes of at least 4 members (excludes halogenated alkanes) is 1. The van der Waals surface area contributed by atoms with Gasteiger partial charge in [-0.25, -0.2) is 15.0 Å². The maximum Gasteiger partial charge on any atom is 0.165 e. The number of imidazole rings is 1. The zero-order valence-corrected chi connectivity index (χ0v) is 9.19. The number of aromatic nitrogens is 4. The van der Waals surface area contributed by atoms with Crippen LogP contribution in [0.1, 0.15) is 12.8 Å². The number of hydrogen-bond donors (Lipinski definition) is 2. The normalized spacial score (nSPS) is 11.0. The topological polar surface area (TPSA) is 69.6 Å². The van der Waals surface area contributed by atoms with E-state index in [2.05, 4.69) is 27.6 Å². The number of fused-ring (bicyclic) bond motifs is 1. The third kappa shape index (κ3) is 2.04. The van der Waals surface area contributed by atoms with Gasteiger partial charge in [0, 0.05) is 6.54 Å². The summed E-state index contributed by atoms with van der Waals surface area (Å²) in [5, 5.41) is 0. The first kappa shape index (κ1) is 10.2. The van der Waals surface area contributed by atoms with E-state index in [1.165, 1.54) is 6.33 Å². The van der Waals surface area contributed by atoms with Crippen molar-refractivity contribution < 1.29 is 0 Å². The van der Waals surface area contributed by atoms with E-state index in [1.807, 2.05) is 4.57 Å². The van der Waals surface area contributed by atoms with E-state index in [-0.39, 0.29) is 0 Å². The van der Waals surface area contributed by atoms with E-state index >= 15 is 0 Å². The minimum absolute atomic E-state index is 0.438. The van der Waals surface area contributed by atoms with Crippen LogP contribution in [0, 0.1) is 0 Å². The molecule has 0 aliphatic carbocycles. The summed E-state index contributed by atoms with van der Waals surface area (Å²) in [6, 6.07) is 0. The van der Waals surface area contributed by atoms with Gasteiger partial charge in [0.2, 0.25) is 0 Å². The largest absolute Gasteiger partial charge is 0.382 e. The molecule has 0 radical (unpaired) electrons. The fraction of sp³-hybridized carbons (Fsp3) is 0.444. The number of nitrogen functional groups attached to an aromatic ring is 1. The molecule has 2 N–H and O–H groups in total. The molecule has 0 fully saturated rings. The van der Waals surface area contributed by atoms with Crippen LogP contribution in [-0.4, -0.2) is 25.3 Å². The summed E-state index contributed by atoms with van der Waals surface area (Å²) in [6.07, 6.45) is 5.38. The highest BCUT2D eigenvalue weighted by molar-refractivity contribution is 7.80. The van der Waals surface area contributed by atoms with Gasteiger partial charge in [-0.15, -0.1) is 0 Å². The molecule has 15 heavy (non-hydrogen) atoms. The van der Waals surface area contributed by atoms with Gasteiger partial charge in [0.15, 0.2) is 11.5 Å². The van der Waals surface area contributed by atoms with Crippen LogP contribution >= 0.6 is 12.6 Å². The number of hydrogen-bond acceptors (Lipinski definition) is 5. The Bertz CT molecular complexity index is 453. The molecule has 5 nitrogen and oxygen atoms in total. The van der Waals surface area contributed by atoms with E-state index in [4.69, 9.17) is 5.73 Å². The zero-order chi connectivity index (χ0) is 10.7. The van der Waals surface area contributed by atoms with E-state index in [1.54, 1.807) is 6.33 Å². The lowest BCUT2D eigenvalue weighted by Crippen LogP contribution is -1.99. The van der Waals surface area contributed by atoms with Gasteiger partial charge >= 0.3 is 0 Å². The lowest BCUT2D eigenvalue weighted by atomic mass is 10.3. The summed E-state index contributed by atoms with van der Waals surface area (Å²) in [5.41, 5.74) is 7.18. The molecule has 0 aliphatic rings. The molecule has 6 heteroatoms. The Balaban J connectivity index is 2.25. The monoisotopic (exact) mass is 223 g/mol. The van der Waals surface area contributed by atoms with Gasteiger partial charge in [0.25, 0.3) is 0 Å². The number of nitrogens with two attached hydrogens (primary N) is 1. The first-order chi connectivity index (χ1) is 7.33. The molecule has 2 heterocycles. The van der Waals surface area contributed by atoms with Crippen LogP contribution in [0.3, 0.4) is 0 Å². The summed E-state index contributed by atoms with van der Waals surface area (Å²) >= 11 is 4.17.